The van der Waals surface area contributed by atoms with E-state index < -0.39 is 36.7 Å². The summed E-state index contributed by atoms with van der Waals surface area (Å²) in [5.74, 6) is 0. The summed E-state index contributed by atoms with van der Waals surface area (Å²) in [6, 6.07) is 0. The highest BCUT2D eigenvalue weighted by Gasteiger charge is 2.51. The van der Waals surface area contributed by atoms with E-state index in [1.54, 1.807) is 27.7 Å². The van der Waals surface area contributed by atoms with E-state index in [9.17, 15) is 9.59 Å². The Morgan fingerprint density at radius 3 is 1.50 bits per heavy atom. The SMILES string of the molecule is CC(C)OC(=O)OC1COC2C(OC(=O)OC(C)C)COC12. The van der Waals surface area contributed by atoms with Crippen LogP contribution < -0.4 is 0 Å². The Balaban J connectivity index is 1.83. The lowest BCUT2D eigenvalue weighted by Gasteiger charge is -2.18. The van der Waals surface area contributed by atoms with Crippen molar-refractivity contribution in [3.05, 3.63) is 0 Å². The zero-order valence-corrected chi connectivity index (χ0v) is 13.1. The van der Waals surface area contributed by atoms with Crippen molar-refractivity contribution < 1.29 is 38.0 Å². The van der Waals surface area contributed by atoms with Gasteiger partial charge in [0.2, 0.25) is 0 Å². The highest BCUT2D eigenvalue weighted by Crippen LogP contribution is 2.31. The lowest BCUT2D eigenvalue weighted by atomic mass is 10.1. The predicted octanol–water partition coefficient (Wildman–Crippen LogP) is 1.64. The maximum Gasteiger partial charge on any atom is 0.508 e. The maximum absolute atomic E-state index is 11.5. The molecule has 8 heteroatoms. The van der Waals surface area contributed by atoms with Crippen LogP contribution >= 0.6 is 0 Å². The molecule has 126 valence electrons. The number of rotatable bonds is 4. The molecule has 4 unspecified atom stereocenters. The fourth-order valence-corrected chi connectivity index (χ4v) is 2.32. The molecule has 2 heterocycles. The third-order valence-electron chi connectivity index (χ3n) is 3.12. The van der Waals surface area contributed by atoms with Crippen molar-refractivity contribution in [2.45, 2.75) is 64.3 Å². The number of hydrogen-bond acceptors (Lipinski definition) is 8. The summed E-state index contributed by atoms with van der Waals surface area (Å²) in [6.45, 7) is 7.25. The van der Waals surface area contributed by atoms with Gasteiger partial charge in [-0.25, -0.2) is 9.59 Å². The quantitative estimate of drug-likeness (QED) is 0.723. The van der Waals surface area contributed by atoms with Crippen LogP contribution in [0.1, 0.15) is 27.7 Å². The van der Waals surface area contributed by atoms with Gasteiger partial charge in [0.25, 0.3) is 0 Å². The summed E-state index contributed by atoms with van der Waals surface area (Å²) in [6.07, 6.45) is -4.17. The van der Waals surface area contributed by atoms with Crippen molar-refractivity contribution in [1.82, 2.24) is 0 Å². The molecule has 2 fully saturated rings. The van der Waals surface area contributed by atoms with Crippen LogP contribution in [0.15, 0.2) is 0 Å². The van der Waals surface area contributed by atoms with Gasteiger partial charge in [0, 0.05) is 0 Å². The molecule has 4 atom stereocenters. The van der Waals surface area contributed by atoms with E-state index >= 15 is 0 Å². The normalized spacial score (nSPS) is 30.3. The van der Waals surface area contributed by atoms with Crippen LogP contribution in [0.4, 0.5) is 9.59 Å². The van der Waals surface area contributed by atoms with Crippen LogP contribution in [-0.4, -0.2) is 62.1 Å². The third kappa shape index (κ3) is 4.23. The minimum Gasteiger partial charge on any atom is -0.432 e. The van der Waals surface area contributed by atoms with Gasteiger partial charge in [0.1, 0.15) is 12.2 Å². The van der Waals surface area contributed by atoms with Crippen LogP contribution in [0.25, 0.3) is 0 Å². The topological polar surface area (TPSA) is 89.5 Å². The van der Waals surface area contributed by atoms with Gasteiger partial charge in [0.05, 0.1) is 25.4 Å². The van der Waals surface area contributed by atoms with Crippen LogP contribution in [0.3, 0.4) is 0 Å². The number of ether oxygens (including phenoxy) is 6. The van der Waals surface area contributed by atoms with Gasteiger partial charge < -0.3 is 28.4 Å². The van der Waals surface area contributed by atoms with E-state index in [1.165, 1.54) is 0 Å². The van der Waals surface area contributed by atoms with Crippen LogP contribution in [0.2, 0.25) is 0 Å². The second-order valence-corrected chi connectivity index (χ2v) is 5.74. The first-order valence-electron chi connectivity index (χ1n) is 7.34. The van der Waals surface area contributed by atoms with Crippen molar-refractivity contribution >= 4 is 12.3 Å². The summed E-state index contributed by atoms with van der Waals surface area (Å²) >= 11 is 0. The second-order valence-electron chi connectivity index (χ2n) is 5.74. The Morgan fingerprint density at radius 1 is 0.818 bits per heavy atom. The van der Waals surface area contributed by atoms with Crippen molar-refractivity contribution in [2.75, 3.05) is 13.2 Å². The molecule has 22 heavy (non-hydrogen) atoms. The lowest BCUT2D eigenvalue weighted by Crippen LogP contribution is -2.36. The van der Waals surface area contributed by atoms with E-state index in [1.807, 2.05) is 0 Å². The minimum atomic E-state index is -0.767. The van der Waals surface area contributed by atoms with Crippen molar-refractivity contribution in [3.63, 3.8) is 0 Å². The zero-order valence-electron chi connectivity index (χ0n) is 13.1. The summed E-state index contributed by atoms with van der Waals surface area (Å²) in [4.78, 5) is 23.0. The summed E-state index contributed by atoms with van der Waals surface area (Å²) < 4.78 is 31.2. The van der Waals surface area contributed by atoms with Gasteiger partial charge in [-0.05, 0) is 27.7 Å². The molecule has 0 amide bonds. The van der Waals surface area contributed by atoms with Gasteiger partial charge in [-0.3, -0.25) is 0 Å². The highest BCUT2D eigenvalue weighted by atomic mass is 16.8. The maximum atomic E-state index is 11.5. The number of carbonyl (C=O) groups excluding carboxylic acids is 2. The molecule has 0 spiro atoms. The molecule has 0 aromatic carbocycles. The summed E-state index contributed by atoms with van der Waals surface area (Å²) in [5.41, 5.74) is 0. The largest absolute Gasteiger partial charge is 0.508 e. The third-order valence-corrected chi connectivity index (χ3v) is 3.12. The second kappa shape index (κ2) is 7.15. The van der Waals surface area contributed by atoms with E-state index in [-0.39, 0.29) is 25.4 Å². The average Bonchev–Trinajstić information content (AvgIpc) is 2.92. The van der Waals surface area contributed by atoms with Crippen LogP contribution in [0, 0.1) is 0 Å². The Morgan fingerprint density at radius 2 is 1.18 bits per heavy atom. The van der Waals surface area contributed by atoms with E-state index in [0.29, 0.717) is 0 Å². The van der Waals surface area contributed by atoms with Crippen molar-refractivity contribution in [3.8, 4) is 0 Å². The Hall–Kier alpha value is -1.54. The van der Waals surface area contributed by atoms with Crippen molar-refractivity contribution in [1.29, 1.82) is 0 Å². The van der Waals surface area contributed by atoms with E-state index in [0.717, 1.165) is 0 Å². The first-order valence-corrected chi connectivity index (χ1v) is 7.34. The summed E-state index contributed by atoms with van der Waals surface area (Å²) in [5, 5.41) is 0. The van der Waals surface area contributed by atoms with E-state index in [4.69, 9.17) is 28.4 Å². The highest BCUT2D eigenvalue weighted by molar-refractivity contribution is 5.61. The van der Waals surface area contributed by atoms with Gasteiger partial charge in [0.15, 0.2) is 12.2 Å². The molecule has 0 radical (unpaired) electrons. The smallest absolute Gasteiger partial charge is 0.432 e. The first-order chi connectivity index (χ1) is 10.4. The minimum absolute atomic E-state index is 0.168. The van der Waals surface area contributed by atoms with Crippen LogP contribution in [-0.2, 0) is 28.4 Å². The molecule has 2 aliphatic rings. The van der Waals surface area contributed by atoms with Gasteiger partial charge in [-0.1, -0.05) is 0 Å². The molecule has 0 aromatic heterocycles. The molecule has 0 N–H and O–H groups in total. The predicted molar refractivity (Wildman–Crippen MR) is 72.5 cm³/mol. The number of carbonyl (C=O) groups is 2. The Bertz CT molecular complexity index is 370. The molecule has 2 rings (SSSR count). The molecule has 0 aromatic rings. The fraction of sp³-hybridized carbons (Fsp3) is 0.857. The molecule has 2 aliphatic heterocycles. The summed E-state index contributed by atoms with van der Waals surface area (Å²) in [7, 11) is 0. The molecular weight excluding hydrogens is 296 g/mol. The molecule has 0 aliphatic carbocycles. The fourth-order valence-electron chi connectivity index (χ4n) is 2.32. The zero-order chi connectivity index (χ0) is 16.3. The number of fused-ring (bicyclic) bond motifs is 1. The first kappa shape index (κ1) is 16.8. The average molecular weight is 318 g/mol. The van der Waals surface area contributed by atoms with Gasteiger partial charge >= 0.3 is 12.3 Å². The molecule has 0 saturated carbocycles. The molecular formula is C14H22O8. The van der Waals surface area contributed by atoms with Gasteiger partial charge in [-0.15, -0.1) is 0 Å². The van der Waals surface area contributed by atoms with Crippen molar-refractivity contribution in [2.24, 2.45) is 0 Å². The van der Waals surface area contributed by atoms with Crippen LogP contribution in [0.5, 0.6) is 0 Å². The Labute approximate surface area is 128 Å². The van der Waals surface area contributed by atoms with Gasteiger partial charge in [-0.2, -0.15) is 0 Å². The number of hydrogen-bond donors (Lipinski definition) is 0. The standard InChI is InChI=1S/C14H22O8/c1-7(2)19-13(15)21-9-5-17-12-10(6-18-11(9)12)22-14(16)20-8(3)4/h7-12H,5-6H2,1-4H3. The monoisotopic (exact) mass is 318 g/mol. The Kier molecular flexibility index (Phi) is 5.47. The molecule has 8 nitrogen and oxygen atoms in total. The molecule has 0 bridgehead atoms. The molecule has 2 saturated heterocycles. The van der Waals surface area contributed by atoms with E-state index in [2.05, 4.69) is 0 Å². The lowest BCUT2D eigenvalue weighted by molar-refractivity contribution is -0.0490.